The third-order valence-corrected chi connectivity index (χ3v) is 7.59. The van der Waals surface area contributed by atoms with E-state index in [4.69, 9.17) is 0 Å². The summed E-state index contributed by atoms with van der Waals surface area (Å²) in [5.74, 6) is 0. The van der Waals surface area contributed by atoms with Gasteiger partial charge in [-0.1, -0.05) is 31.2 Å². The molecule has 1 fully saturated rings. The number of rotatable bonds is 5. The third-order valence-electron chi connectivity index (χ3n) is 4.66. The zero-order valence-electron chi connectivity index (χ0n) is 14.1. The molecule has 4 N–H and O–H groups in total. The maximum atomic E-state index is 10.3. The Hall–Kier alpha value is -0.890. The van der Waals surface area contributed by atoms with E-state index in [0.29, 0.717) is 0 Å². The fraction of sp³-hybridized carbons (Fsp3) is 0.474. The van der Waals surface area contributed by atoms with E-state index < -0.39 is 23.6 Å². The molecule has 0 bridgehead atoms. The van der Waals surface area contributed by atoms with Crippen molar-refractivity contribution in [2.45, 2.75) is 48.6 Å². The van der Waals surface area contributed by atoms with Crippen LogP contribution in [0.1, 0.15) is 33.1 Å². The average molecular weight is 381 g/mol. The van der Waals surface area contributed by atoms with Crippen LogP contribution in [0, 0.1) is 0 Å². The third kappa shape index (κ3) is 4.10. The first-order valence-electron chi connectivity index (χ1n) is 8.50. The summed E-state index contributed by atoms with van der Waals surface area (Å²) in [6.45, 7) is 1.91. The smallest absolute Gasteiger partial charge is 0.108 e. The Kier molecular flexibility index (Phi) is 6.20. The van der Waals surface area contributed by atoms with Gasteiger partial charge in [0.1, 0.15) is 6.10 Å². The number of aliphatic hydroxyl groups is 4. The number of hydrogen-bond acceptors (Lipinski definition) is 6. The second-order valence-electron chi connectivity index (χ2n) is 6.40. The second kappa shape index (κ2) is 8.20. The summed E-state index contributed by atoms with van der Waals surface area (Å²) in [7, 11) is 0. The molecule has 1 aliphatic rings. The molecule has 6 heteroatoms. The molecule has 0 spiro atoms. The van der Waals surface area contributed by atoms with E-state index in [2.05, 4.69) is 31.2 Å². The van der Waals surface area contributed by atoms with Gasteiger partial charge in [0.2, 0.25) is 0 Å². The summed E-state index contributed by atoms with van der Waals surface area (Å²) in [5.41, 5.74) is 2.56. The molecule has 0 unspecified atom stereocenters. The van der Waals surface area contributed by atoms with Gasteiger partial charge in [-0.05, 0) is 29.7 Å². The maximum Gasteiger partial charge on any atom is 0.108 e. The molecule has 4 nitrogen and oxygen atoms in total. The Morgan fingerprint density at radius 1 is 0.880 bits per heavy atom. The maximum absolute atomic E-state index is 10.3. The number of aryl methyl sites for hydroxylation is 1. The number of thioether (sulfide) groups is 1. The molecule has 136 valence electrons. The zero-order valence-corrected chi connectivity index (χ0v) is 15.7. The second-order valence-corrected chi connectivity index (χ2v) is 8.99. The summed E-state index contributed by atoms with van der Waals surface area (Å²) in [6.07, 6.45) is -1.54. The summed E-state index contributed by atoms with van der Waals surface area (Å²) in [6, 6.07) is 12.6. The summed E-state index contributed by atoms with van der Waals surface area (Å²) in [4.78, 5) is 2.15. The Morgan fingerprint density at radius 2 is 1.56 bits per heavy atom. The van der Waals surface area contributed by atoms with Crippen LogP contribution in [0.15, 0.2) is 36.4 Å². The average Bonchev–Trinajstić information content (AvgIpc) is 3.09. The van der Waals surface area contributed by atoms with E-state index in [1.165, 1.54) is 27.8 Å². The molecule has 0 aliphatic carbocycles. The van der Waals surface area contributed by atoms with Crippen LogP contribution in [0.25, 0.3) is 0 Å². The SMILES string of the molecule is CCc1ccc(Cc2ccc([C@@H]3S[C@H](CO)[C@@H](O)[C@H](O)[C@H]3O)s2)cc1. The van der Waals surface area contributed by atoms with Gasteiger partial charge >= 0.3 is 0 Å². The van der Waals surface area contributed by atoms with Crippen molar-refractivity contribution in [3.05, 3.63) is 57.3 Å². The van der Waals surface area contributed by atoms with Crippen molar-refractivity contribution < 1.29 is 20.4 Å². The lowest BCUT2D eigenvalue weighted by atomic mass is 10.0. The minimum Gasteiger partial charge on any atom is -0.395 e. The van der Waals surface area contributed by atoms with Crippen molar-refractivity contribution in [2.75, 3.05) is 6.61 Å². The van der Waals surface area contributed by atoms with E-state index in [9.17, 15) is 20.4 Å². The fourth-order valence-corrected chi connectivity index (χ4v) is 5.77. The van der Waals surface area contributed by atoms with Crippen molar-refractivity contribution in [1.29, 1.82) is 0 Å². The van der Waals surface area contributed by atoms with Gasteiger partial charge in [0, 0.05) is 16.2 Å². The molecule has 5 atom stereocenters. The van der Waals surface area contributed by atoms with Gasteiger partial charge in [0.05, 0.1) is 29.3 Å². The predicted molar refractivity (Wildman–Crippen MR) is 102 cm³/mol. The summed E-state index contributed by atoms with van der Waals surface area (Å²) < 4.78 is 0. The molecule has 3 rings (SSSR count). The Labute approximate surface area is 156 Å². The minimum absolute atomic E-state index is 0.228. The molecule has 1 aliphatic heterocycles. The number of thiophene rings is 1. The van der Waals surface area contributed by atoms with Crippen LogP contribution in [-0.2, 0) is 12.8 Å². The lowest BCUT2D eigenvalue weighted by Crippen LogP contribution is -2.51. The molecule has 2 heterocycles. The molecule has 0 saturated carbocycles. The molecule has 2 aromatic rings. The van der Waals surface area contributed by atoms with E-state index >= 15 is 0 Å². The topological polar surface area (TPSA) is 80.9 Å². The highest BCUT2D eigenvalue weighted by Gasteiger charge is 2.44. The normalized spacial score (nSPS) is 29.7. The highest BCUT2D eigenvalue weighted by molar-refractivity contribution is 8.00. The molecule has 25 heavy (non-hydrogen) atoms. The molecule has 1 aromatic heterocycles. The molecule has 0 amide bonds. The van der Waals surface area contributed by atoms with E-state index in [-0.39, 0.29) is 11.9 Å². The van der Waals surface area contributed by atoms with Gasteiger partial charge in [0.25, 0.3) is 0 Å². The van der Waals surface area contributed by atoms with Crippen molar-refractivity contribution >= 4 is 23.1 Å². The standard InChI is InChI=1S/C19H24O4S2/c1-2-11-3-5-12(6-4-11)9-13-7-8-14(24-13)19-18(23)17(22)16(21)15(10-20)25-19/h3-8,15-23H,2,9-10H2,1H3/t15-,16-,17+,18-,19+/m1/s1. The number of aliphatic hydroxyl groups excluding tert-OH is 4. The van der Waals surface area contributed by atoms with Crippen LogP contribution in [0.4, 0.5) is 0 Å². The van der Waals surface area contributed by atoms with Crippen molar-refractivity contribution in [3.63, 3.8) is 0 Å². The van der Waals surface area contributed by atoms with Gasteiger partial charge in [0.15, 0.2) is 0 Å². The number of benzene rings is 1. The van der Waals surface area contributed by atoms with Crippen LogP contribution >= 0.6 is 23.1 Å². The fourth-order valence-electron chi connectivity index (χ4n) is 3.07. The Morgan fingerprint density at radius 3 is 2.20 bits per heavy atom. The molecular formula is C19H24O4S2. The van der Waals surface area contributed by atoms with Crippen LogP contribution in [-0.4, -0.2) is 50.6 Å². The van der Waals surface area contributed by atoms with Crippen LogP contribution in [0.5, 0.6) is 0 Å². The van der Waals surface area contributed by atoms with Crippen molar-refractivity contribution in [3.8, 4) is 0 Å². The van der Waals surface area contributed by atoms with Gasteiger partial charge in [-0.25, -0.2) is 0 Å². The number of hydrogen-bond donors (Lipinski definition) is 4. The summed E-state index contributed by atoms with van der Waals surface area (Å²) >= 11 is 2.94. The Balaban J connectivity index is 1.73. The van der Waals surface area contributed by atoms with Gasteiger partial charge < -0.3 is 20.4 Å². The lowest BCUT2D eigenvalue weighted by Gasteiger charge is -2.39. The van der Waals surface area contributed by atoms with Crippen LogP contribution in [0.2, 0.25) is 0 Å². The van der Waals surface area contributed by atoms with E-state index in [1.54, 1.807) is 11.3 Å². The molecule has 1 saturated heterocycles. The lowest BCUT2D eigenvalue weighted by molar-refractivity contribution is -0.0697. The quantitative estimate of drug-likeness (QED) is 0.639. The summed E-state index contributed by atoms with van der Waals surface area (Å²) in [5, 5.41) is 38.9. The first kappa shape index (κ1) is 18.9. The van der Waals surface area contributed by atoms with Crippen LogP contribution in [0.3, 0.4) is 0 Å². The zero-order chi connectivity index (χ0) is 18.0. The van der Waals surface area contributed by atoms with Gasteiger partial charge in [-0.2, -0.15) is 0 Å². The highest BCUT2D eigenvalue weighted by atomic mass is 32.2. The molecular weight excluding hydrogens is 356 g/mol. The molecule has 0 radical (unpaired) electrons. The van der Waals surface area contributed by atoms with Crippen molar-refractivity contribution in [2.24, 2.45) is 0 Å². The highest BCUT2D eigenvalue weighted by Crippen LogP contribution is 2.45. The van der Waals surface area contributed by atoms with E-state index in [1.807, 2.05) is 12.1 Å². The minimum atomic E-state index is -1.24. The monoisotopic (exact) mass is 380 g/mol. The van der Waals surface area contributed by atoms with Crippen molar-refractivity contribution in [1.82, 2.24) is 0 Å². The first-order valence-corrected chi connectivity index (χ1v) is 10.3. The van der Waals surface area contributed by atoms with Gasteiger partial charge in [-0.3, -0.25) is 0 Å². The largest absolute Gasteiger partial charge is 0.395 e. The predicted octanol–water partition coefficient (Wildman–Crippen LogP) is 2.13. The first-order chi connectivity index (χ1) is 12.0. The van der Waals surface area contributed by atoms with Gasteiger partial charge in [-0.15, -0.1) is 23.1 Å². The Bertz CT molecular complexity index is 683. The molecule has 1 aromatic carbocycles. The van der Waals surface area contributed by atoms with Crippen LogP contribution < -0.4 is 0 Å². The van der Waals surface area contributed by atoms with E-state index in [0.717, 1.165) is 17.7 Å².